The van der Waals surface area contributed by atoms with E-state index in [0.29, 0.717) is 6.61 Å². The molecule has 1 atom stereocenters. The maximum atomic E-state index is 9.99. The van der Waals surface area contributed by atoms with E-state index in [9.17, 15) is 5.11 Å². The molecular formula is C12H17IO2. The van der Waals surface area contributed by atoms with Crippen molar-refractivity contribution in [3.8, 4) is 0 Å². The molecule has 0 saturated carbocycles. The molecule has 0 aromatic heterocycles. The maximum Gasteiger partial charge on any atom is 0.0801 e. The van der Waals surface area contributed by atoms with Crippen molar-refractivity contribution in [2.75, 3.05) is 13.7 Å². The Balaban J connectivity index is 2.65. The van der Waals surface area contributed by atoms with E-state index in [1.165, 1.54) is 9.13 Å². The molecule has 0 amide bonds. The van der Waals surface area contributed by atoms with Crippen molar-refractivity contribution in [2.45, 2.75) is 25.9 Å². The van der Waals surface area contributed by atoms with Gasteiger partial charge < -0.3 is 9.84 Å². The van der Waals surface area contributed by atoms with E-state index in [2.05, 4.69) is 35.6 Å². The topological polar surface area (TPSA) is 29.5 Å². The molecule has 0 aliphatic rings. The molecule has 0 radical (unpaired) electrons. The quantitative estimate of drug-likeness (QED) is 0.667. The van der Waals surface area contributed by atoms with Crippen LogP contribution >= 0.6 is 22.6 Å². The van der Waals surface area contributed by atoms with E-state index in [1.54, 1.807) is 7.11 Å². The van der Waals surface area contributed by atoms with E-state index in [-0.39, 0.29) is 6.10 Å². The second kappa shape index (κ2) is 6.45. The molecule has 0 heterocycles. The fraction of sp³-hybridized carbons (Fsp3) is 0.500. The van der Waals surface area contributed by atoms with E-state index < -0.39 is 0 Å². The highest BCUT2D eigenvalue weighted by molar-refractivity contribution is 14.1. The van der Waals surface area contributed by atoms with Gasteiger partial charge in [0.05, 0.1) is 6.10 Å². The number of aryl methyl sites for hydroxylation is 1. The molecular weight excluding hydrogens is 303 g/mol. The number of benzene rings is 1. The Morgan fingerprint density at radius 3 is 2.87 bits per heavy atom. The second-order valence-electron chi connectivity index (χ2n) is 3.63. The third-order valence-corrected chi connectivity index (χ3v) is 3.88. The molecule has 0 aliphatic carbocycles. The van der Waals surface area contributed by atoms with Crippen LogP contribution in [0.3, 0.4) is 0 Å². The first-order valence-electron chi connectivity index (χ1n) is 5.09. The zero-order valence-electron chi connectivity index (χ0n) is 9.16. The monoisotopic (exact) mass is 320 g/mol. The van der Waals surface area contributed by atoms with Crippen LogP contribution in [0.25, 0.3) is 0 Å². The number of ether oxygens (including phenoxy) is 1. The number of aliphatic hydroxyl groups excluding tert-OH is 1. The lowest BCUT2D eigenvalue weighted by molar-refractivity contribution is 0.135. The molecule has 1 rings (SSSR count). The van der Waals surface area contributed by atoms with Gasteiger partial charge in [0.2, 0.25) is 0 Å². The van der Waals surface area contributed by atoms with Gasteiger partial charge in [-0.05, 0) is 53.5 Å². The van der Waals surface area contributed by atoms with Gasteiger partial charge in [-0.2, -0.15) is 0 Å². The molecule has 1 N–H and O–H groups in total. The molecule has 1 unspecified atom stereocenters. The summed E-state index contributed by atoms with van der Waals surface area (Å²) in [5.74, 6) is 0. The lowest BCUT2D eigenvalue weighted by atomic mass is 10.0. The fourth-order valence-electron chi connectivity index (χ4n) is 1.50. The second-order valence-corrected chi connectivity index (χ2v) is 4.71. The molecule has 0 aliphatic heterocycles. The third kappa shape index (κ3) is 3.74. The lowest BCUT2D eigenvalue weighted by Crippen LogP contribution is -2.03. The van der Waals surface area contributed by atoms with Crippen molar-refractivity contribution < 1.29 is 9.84 Å². The van der Waals surface area contributed by atoms with Crippen LogP contribution in [0.15, 0.2) is 18.2 Å². The molecule has 2 nitrogen and oxygen atoms in total. The first kappa shape index (κ1) is 12.9. The average molecular weight is 320 g/mol. The Kier molecular flexibility index (Phi) is 5.56. The highest BCUT2D eigenvalue weighted by Gasteiger charge is 2.11. The van der Waals surface area contributed by atoms with Crippen molar-refractivity contribution in [1.82, 2.24) is 0 Å². The summed E-state index contributed by atoms with van der Waals surface area (Å²) in [5, 5.41) is 9.99. The first-order valence-corrected chi connectivity index (χ1v) is 6.16. The molecule has 15 heavy (non-hydrogen) atoms. The van der Waals surface area contributed by atoms with Crippen molar-refractivity contribution in [2.24, 2.45) is 0 Å². The smallest absolute Gasteiger partial charge is 0.0801 e. The maximum absolute atomic E-state index is 9.99. The van der Waals surface area contributed by atoms with Crippen molar-refractivity contribution in [3.05, 3.63) is 32.9 Å². The zero-order chi connectivity index (χ0) is 11.3. The normalized spacial score (nSPS) is 12.8. The fourth-order valence-corrected chi connectivity index (χ4v) is 2.22. The Bertz CT molecular complexity index is 312. The van der Waals surface area contributed by atoms with Gasteiger partial charge in [-0.3, -0.25) is 0 Å². The van der Waals surface area contributed by atoms with Gasteiger partial charge in [-0.1, -0.05) is 18.2 Å². The number of rotatable bonds is 5. The number of methoxy groups -OCH3 is 1. The predicted octanol–water partition coefficient (Wildman–Crippen LogP) is 3.06. The Morgan fingerprint density at radius 1 is 1.47 bits per heavy atom. The SMILES string of the molecule is COCCCC(O)c1cccc(C)c1I. The lowest BCUT2D eigenvalue weighted by Gasteiger charge is -2.13. The first-order chi connectivity index (χ1) is 7.16. The van der Waals surface area contributed by atoms with Gasteiger partial charge in [0.15, 0.2) is 0 Å². The van der Waals surface area contributed by atoms with Crippen LogP contribution in [0.2, 0.25) is 0 Å². The summed E-state index contributed by atoms with van der Waals surface area (Å²) >= 11 is 2.29. The van der Waals surface area contributed by atoms with E-state index in [4.69, 9.17) is 4.74 Å². The Labute approximate surface area is 105 Å². The number of hydrogen-bond acceptors (Lipinski definition) is 2. The molecule has 84 valence electrons. The van der Waals surface area contributed by atoms with Gasteiger partial charge in [0, 0.05) is 17.3 Å². The molecule has 1 aromatic carbocycles. The van der Waals surface area contributed by atoms with E-state index >= 15 is 0 Å². The van der Waals surface area contributed by atoms with E-state index in [1.807, 2.05) is 12.1 Å². The molecule has 0 bridgehead atoms. The van der Waals surface area contributed by atoms with Crippen molar-refractivity contribution >= 4 is 22.6 Å². The standard InChI is InChI=1S/C12H17IO2/c1-9-5-3-6-10(12(9)13)11(14)7-4-8-15-2/h3,5-6,11,14H,4,7-8H2,1-2H3. The molecule has 0 spiro atoms. The van der Waals surface area contributed by atoms with E-state index in [0.717, 1.165) is 18.4 Å². The average Bonchev–Trinajstić information content (AvgIpc) is 2.22. The summed E-state index contributed by atoms with van der Waals surface area (Å²) < 4.78 is 6.14. The molecule has 0 fully saturated rings. The summed E-state index contributed by atoms with van der Waals surface area (Å²) in [4.78, 5) is 0. The van der Waals surface area contributed by atoms with Crippen LogP contribution in [0.5, 0.6) is 0 Å². The zero-order valence-corrected chi connectivity index (χ0v) is 11.3. The largest absolute Gasteiger partial charge is 0.388 e. The van der Waals surface area contributed by atoms with Gasteiger partial charge >= 0.3 is 0 Å². The number of aliphatic hydroxyl groups is 1. The summed E-state index contributed by atoms with van der Waals surface area (Å²) in [5.41, 5.74) is 2.26. The molecule has 3 heteroatoms. The number of hydrogen-bond donors (Lipinski definition) is 1. The molecule has 0 saturated heterocycles. The van der Waals surface area contributed by atoms with Crippen LogP contribution in [0, 0.1) is 10.5 Å². The van der Waals surface area contributed by atoms with Crippen molar-refractivity contribution in [3.63, 3.8) is 0 Å². The summed E-state index contributed by atoms with van der Waals surface area (Å²) in [6.07, 6.45) is 1.28. The molecule has 1 aromatic rings. The summed E-state index contributed by atoms with van der Waals surface area (Å²) in [7, 11) is 1.68. The van der Waals surface area contributed by atoms with Gasteiger partial charge in [-0.15, -0.1) is 0 Å². The minimum Gasteiger partial charge on any atom is -0.388 e. The van der Waals surface area contributed by atoms with Crippen LogP contribution in [0.4, 0.5) is 0 Å². The van der Waals surface area contributed by atoms with Gasteiger partial charge in [-0.25, -0.2) is 0 Å². The highest BCUT2D eigenvalue weighted by Crippen LogP contribution is 2.25. The predicted molar refractivity (Wildman–Crippen MR) is 70.0 cm³/mol. The Hall–Kier alpha value is -0.130. The summed E-state index contributed by atoms with van der Waals surface area (Å²) in [6, 6.07) is 6.05. The van der Waals surface area contributed by atoms with Crippen molar-refractivity contribution in [1.29, 1.82) is 0 Å². The third-order valence-electron chi connectivity index (χ3n) is 2.41. The van der Waals surface area contributed by atoms with Gasteiger partial charge in [0.25, 0.3) is 0 Å². The van der Waals surface area contributed by atoms with Crippen LogP contribution in [-0.2, 0) is 4.74 Å². The van der Waals surface area contributed by atoms with Crippen LogP contribution in [0.1, 0.15) is 30.1 Å². The summed E-state index contributed by atoms with van der Waals surface area (Å²) in [6.45, 7) is 2.77. The minimum absolute atomic E-state index is 0.369. The highest BCUT2D eigenvalue weighted by atomic mass is 127. The van der Waals surface area contributed by atoms with Crippen LogP contribution in [-0.4, -0.2) is 18.8 Å². The Morgan fingerprint density at radius 2 is 2.20 bits per heavy atom. The minimum atomic E-state index is -0.369. The van der Waals surface area contributed by atoms with Gasteiger partial charge in [0.1, 0.15) is 0 Å². The number of halogens is 1. The van der Waals surface area contributed by atoms with Crippen LogP contribution < -0.4 is 0 Å².